The van der Waals surface area contributed by atoms with E-state index in [9.17, 15) is 4.79 Å². The summed E-state index contributed by atoms with van der Waals surface area (Å²) < 4.78 is 0. The number of hydrogen-bond acceptors (Lipinski definition) is 1. The van der Waals surface area contributed by atoms with Gasteiger partial charge in [0.25, 0.3) is 0 Å². The quantitative estimate of drug-likeness (QED) is 0.470. The Hall–Kier alpha value is -1.57. The molecule has 1 saturated carbocycles. The summed E-state index contributed by atoms with van der Waals surface area (Å²) in [5.41, 5.74) is 2.38. The van der Waals surface area contributed by atoms with E-state index in [1.165, 1.54) is 69.4 Å². The largest absolute Gasteiger partial charge is 0.478 e. The lowest BCUT2D eigenvalue weighted by atomic mass is 9.77. The van der Waals surface area contributed by atoms with Crippen LogP contribution in [0.4, 0.5) is 0 Å². The summed E-state index contributed by atoms with van der Waals surface area (Å²) in [4.78, 5) is 10.5. The molecule has 2 nitrogen and oxygen atoms in total. The molecule has 1 aromatic rings. The van der Waals surface area contributed by atoms with Gasteiger partial charge in [0.15, 0.2) is 0 Å². The molecule has 2 heteroatoms. The van der Waals surface area contributed by atoms with Crippen LogP contribution in [0.5, 0.6) is 0 Å². The first-order chi connectivity index (χ1) is 11.2. The van der Waals surface area contributed by atoms with Crippen LogP contribution >= 0.6 is 0 Å². The van der Waals surface area contributed by atoms with Gasteiger partial charge >= 0.3 is 5.97 Å². The molecule has 0 unspecified atom stereocenters. The lowest BCUT2D eigenvalue weighted by Crippen LogP contribution is -2.13. The van der Waals surface area contributed by atoms with E-state index in [1.807, 2.05) is 12.1 Å². The summed E-state index contributed by atoms with van der Waals surface area (Å²) in [6, 6.07) is 8.42. The van der Waals surface area contributed by atoms with Crippen molar-refractivity contribution >= 4 is 12.0 Å². The monoisotopic (exact) mass is 314 g/mol. The molecule has 0 bridgehead atoms. The summed E-state index contributed by atoms with van der Waals surface area (Å²) in [6.45, 7) is 2.27. The molecule has 1 aromatic carbocycles. The molecule has 0 amide bonds. The van der Waals surface area contributed by atoms with E-state index < -0.39 is 5.97 Å². The number of unbranched alkanes of at least 4 members (excludes halogenated alkanes) is 3. The van der Waals surface area contributed by atoms with Gasteiger partial charge in [0.1, 0.15) is 0 Å². The van der Waals surface area contributed by atoms with Gasteiger partial charge in [-0.1, -0.05) is 63.3 Å². The van der Waals surface area contributed by atoms with Crippen molar-refractivity contribution in [3.05, 3.63) is 41.5 Å². The third-order valence-corrected chi connectivity index (χ3v) is 5.14. The number of carboxylic acids is 1. The highest BCUT2D eigenvalue weighted by Crippen LogP contribution is 2.37. The minimum Gasteiger partial charge on any atom is -0.478 e. The Bertz CT molecular complexity index is 493. The van der Waals surface area contributed by atoms with E-state index in [0.29, 0.717) is 5.92 Å². The van der Waals surface area contributed by atoms with Crippen LogP contribution in [0.25, 0.3) is 6.08 Å². The molecule has 23 heavy (non-hydrogen) atoms. The predicted molar refractivity (Wildman–Crippen MR) is 96.6 cm³/mol. The number of aliphatic carboxylic acids is 1. The summed E-state index contributed by atoms with van der Waals surface area (Å²) in [5, 5.41) is 8.66. The number of hydrogen-bond donors (Lipinski definition) is 1. The maximum absolute atomic E-state index is 10.5. The fourth-order valence-corrected chi connectivity index (χ4v) is 3.69. The topological polar surface area (TPSA) is 37.3 Å². The molecule has 0 heterocycles. The maximum Gasteiger partial charge on any atom is 0.328 e. The first-order valence-corrected chi connectivity index (χ1v) is 9.20. The van der Waals surface area contributed by atoms with Crippen LogP contribution in [0.1, 0.15) is 81.8 Å². The molecule has 0 aliphatic heterocycles. The second kappa shape index (κ2) is 9.54. The van der Waals surface area contributed by atoms with Gasteiger partial charge in [-0.3, -0.25) is 0 Å². The third-order valence-electron chi connectivity index (χ3n) is 5.14. The van der Waals surface area contributed by atoms with Gasteiger partial charge in [-0.05, 0) is 54.7 Å². The number of rotatable bonds is 8. The van der Waals surface area contributed by atoms with Crippen molar-refractivity contribution in [2.24, 2.45) is 5.92 Å². The molecule has 1 N–H and O–H groups in total. The van der Waals surface area contributed by atoms with Gasteiger partial charge in [-0.15, -0.1) is 0 Å². The highest BCUT2D eigenvalue weighted by Gasteiger charge is 2.21. The molecule has 0 radical (unpaired) electrons. The molecule has 126 valence electrons. The minimum absolute atomic E-state index is 0.694. The van der Waals surface area contributed by atoms with E-state index in [1.54, 1.807) is 6.08 Å². The molecule has 1 fully saturated rings. The fraction of sp³-hybridized carbons (Fsp3) is 0.571. The molecule has 1 aliphatic carbocycles. The molecular formula is C21H30O2. The smallest absolute Gasteiger partial charge is 0.328 e. The Morgan fingerprint density at radius 3 is 2.39 bits per heavy atom. The Labute approximate surface area is 140 Å². The van der Waals surface area contributed by atoms with E-state index >= 15 is 0 Å². The highest BCUT2D eigenvalue weighted by atomic mass is 16.4. The van der Waals surface area contributed by atoms with Crippen LogP contribution in [-0.2, 0) is 4.79 Å². The van der Waals surface area contributed by atoms with Gasteiger partial charge < -0.3 is 5.11 Å². The van der Waals surface area contributed by atoms with E-state index in [-0.39, 0.29) is 0 Å². The number of benzene rings is 1. The van der Waals surface area contributed by atoms with Crippen LogP contribution in [0, 0.1) is 5.92 Å². The fourth-order valence-electron chi connectivity index (χ4n) is 3.69. The van der Waals surface area contributed by atoms with Crippen LogP contribution in [0.15, 0.2) is 30.3 Å². The second-order valence-corrected chi connectivity index (χ2v) is 6.91. The summed E-state index contributed by atoms with van der Waals surface area (Å²) >= 11 is 0. The van der Waals surface area contributed by atoms with E-state index in [4.69, 9.17) is 5.11 Å². The van der Waals surface area contributed by atoms with Crippen molar-refractivity contribution in [1.29, 1.82) is 0 Å². The van der Waals surface area contributed by atoms with Crippen molar-refractivity contribution < 1.29 is 9.90 Å². The highest BCUT2D eigenvalue weighted by molar-refractivity contribution is 5.85. The Morgan fingerprint density at radius 2 is 1.78 bits per heavy atom. The van der Waals surface area contributed by atoms with Crippen LogP contribution in [-0.4, -0.2) is 11.1 Å². The Kier molecular flexibility index (Phi) is 7.38. The number of carbonyl (C=O) groups is 1. The lowest BCUT2D eigenvalue weighted by molar-refractivity contribution is -0.131. The maximum atomic E-state index is 10.5. The van der Waals surface area contributed by atoms with Gasteiger partial charge in [-0.2, -0.15) is 0 Å². The zero-order valence-electron chi connectivity index (χ0n) is 14.3. The van der Waals surface area contributed by atoms with Gasteiger partial charge in [0, 0.05) is 6.08 Å². The average Bonchev–Trinajstić information content (AvgIpc) is 2.58. The minimum atomic E-state index is -0.897. The normalized spacial score (nSPS) is 21.6. The zero-order valence-corrected chi connectivity index (χ0v) is 14.3. The van der Waals surface area contributed by atoms with Crippen LogP contribution in [0.3, 0.4) is 0 Å². The first kappa shape index (κ1) is 17.8. The van der Waals surface area contributed by atoms with Gasteiger partial charge in [0.05, 0.1) is 0 Å². The molecule has 1 aliphatic rings. The summed E-state index contributed by atoms with van der Waals surface area (Å²) in [7, 11) is 0. The first-order valence-electron chi connectivity index (χ1n) is 9.20. The molecule has 2 rings (SSSR count). The average molecular weight is 314 g/mol. The van der Waals surface area contributed by atoms with Gasteiger partial charge in [0.2, 0.25) is 0 Å². The van der Waals surface area contributed by atoms with Crippen molar-refractivity contribution in [2.75, 3.05) is 0 Å². The van der Waals surface area contributed by atoms with E-state index in [0.717, 1.165) is 11.5 Å². The number of carboxylic acid groups (broad SMARTS) is 1. The predicted octanol–water partition coefficient (Wildman–Crippen LogP) is 6.03. The zero-order chi connectivity index (χ0) is 16.5. The Balaban J connectivity index is 1.77. The van der Waals surface area contributed by atoms with Crippen molar-refractivity contribution in [2.45, 2.75) is 70.6 Å². The van der Waals surface area contributed by atoms with Crippen molar-refractivity contribution in [3.63, 3.8) is 0 Å². The summed E-state index contributed by atoms with van der Waals surface area (Å²) in [5.74, 6) is 0.742. The molecule has 0 aromatic heterocycles. The van der Waals surface area contributed by atoms with Crippen molar-refractivity contribution in [1.82, 2.24) is 0 Å². The third kappa shape index (κ3) is 6.21. The Morgan fingerprint density at radius 1 is 1.09 bits per heavy atom. The molecular weight excluding hydrogens is 284 g/mol. The van der Waals surface area contributed by atoms with Gasteiger partial charge in [-0.25, -0.2) is 4.79 Å². The second-order valence-electron chi connectivity index (χ2n) is 6.91. The van der Waals surface area contributed by atoms with Crippen molar-refractivity contribution in [3.8, 4) is 0 Å². The van der Waals surface area contributed by atoms with E-state index in [2.05, 4.69) is 19.1 Å². The van der Waals surface area contributed by atoms with Crippen LogP contribution in [0.2, 0.25) is 0 Å². The molecule has 0 saturated heterocycles. The molecule has 0 atom stereocenters. The summed E-state index contributed by atoms with van der Waals surface area (Å²) in [6.07, 6.45) is 15.2. The molecule has 0 spiro atoms. The lowest BCUT2D eigenvalue weighted by Gasteiger charge is -2.29. The standard InChI is InChI=1S/C21H30O2/c1-2-3-4-5-6-17-7-12-19(13-8-17)20-14-9-18(10-15-20)11-16-21(22)23/h9-11,14-17,19H,2-8,12-13H2,1H3,(H,22,23)/b16-11+/t17-,19-. The van der Waals surface area contributed by atoms with Crippen LogP contribution < -0.4 is 0 Å². The SMILES string of the molecule is CCCCCC[C@H]1CC[C@H](c2ccc(/C=C/C(=O)O)cc2)CC1.